The fourth-order valence-corrected chi connectivity index (χ4v) is 3.52. The van der Waals surface area contributed by atoms with E-state index in [-0.39, 0.29) is 5.91 Å². The second kappa shape index (κ2) is 6.26. The molecule has 4 rings (SSSR count). The van der Waals surface area contributed by atoms with E-state index in [1.807, 2.05) is 31.2 Å². The lowest BCUT2D eigenvalue weighted by molar-refractivity contribution is 0.0946. The first-order valence-corrected chi connectivity index (χ1v) is 8.70. The van der Waals surface area contributed by atoms with E-state index in [2.05, 4.69) is 25.8 Å². The summed E-state index contributed by atoms with van der Waals surface area (Å²) in [6.07, 6.45) is 0. The molecule has 1 aromatic carbocycles. The first kappa shape index (κ1) is 15.2. The molecule has 0 atom stereocenters. The van der Waals surface area contributed by atoms with Crippen molar-refractivity contribution in [3.63, 3.8) is 0 Å². The maximum atomic E-state index is 12.4. The summed E-state index contributed by atoms with van der Waals surface area (Å²) in [5.41, 5.74) is 2.34. The second-order valence-electron chi connectivity index (χ2n) is 5.92. The Kier molecular flexibility index (Phi) is 3.95. The number of nitrogens with zero attached hydrogens (tertiary/aromatic N) is 3. The van der Waals surface area contributed by atoms with Crippen LogP contribution < -0.4 is 10.6 Å². The Bertz CT molecular complexity index is 903. The van der Waals surface area contributed by atoms with Gasteiger partial charge in [-0.1, -0.05) is 35.6 Å². The van der Waals surface area contributed by atoms with Gasteiger partial charge in [0.1, 0.15) is 15.7 Å². The SMILES string of the molecule is Cc1cccc2ccc(C(=O)NCc3nnc(C4CNC4)s3)nc12. The molecule has 3 heterocycles. The predicted molar refractivity (Wildman–Crippen MR) is 93.2 cm³/mol. The summed E-state index contributed by atoms with van der Waals surface area (Å²) in [5.74, 6) is 0.277. The zero-order valence-electron chi connectivity index (χ0n) is 13.2. The van der Waals surface area contributed by atoms with Crippen molar-refractivity contribution in [2.45, 2.75) is 19.4 Å². The van der Waals surface area contributed by atoms with E-state index < -0.39 is 0 Å². The van der Waals surface area contributed by atoms with Crippen LogP contribution in [-0.2, 0) is 6.54 Å². The van der Waals surface area contributed by atoms with E-state index in [1.165, 1.54) is 0 Å². The van der Waals surface area contributed by atoms with E-state index in [0.717, 1.165) is 39.6 Å². The van der Waals surface area contributed by atoms with E-state index in [1.54, 1.807) is 17.4 Å². The number of hydrogen-bond donors (Lipinski definition) is 2. The monoisotopic (exact) mass is 339 g/mol. The van der Waals surface area contributed by atoms with Crippen LogP contribution in [0.1, 0.15) is 32.0 Å². The fraction of sp³-hybridized carbons (Fsp3) is 0.294. The third-order valence-corrected chi connectivity index (χ3v) is 5.25. The highest BCUT2D eigenvalue weighted by Gasteiger charge is 2.23. The lowest BCUT2D eigenvalue weighted by atomic mass is 10.1. The van der Waals surface area contributed by atoms with Gasteiger partial charge < -0.3 is 10.6 Å². The van der Waals surface area contributed by atoms with Crippen molar-refractivity contribution in [2.24, 2.45) is 0 Å². The van der Waals surface area contributed by atoms with Crippen LogP contribution in [0.2, 0.25) is 0 Å². The minimum Gasteiger partial charge on any atom is -0.344 e. The van der Waals surface area contributed by atoms with Gasteiger partial charge in [-0.3, -0.25) is 4.79 Å². The Labute approximate surface area is 143 Å². The average Bonchev–Trinajstić information content (AvgIpc) is 2.99. The summed E-state index contributed by atoms with van der Waals surface area (Å²) in [6.45, 7) is 4.29. The van der Waals surface area contributed by atoms with Gasteiger partial charge >= 0.3 is 0 Å². The maximum Gasteiger partial charge on any atom is 0.270 e. The number of fused-ring (bicyclic) bond motifs is 1. The molecule has 122 valence electrons. The molecule has 0 spiro atoms. The number of rotatable bonds is 4. The molecule has 0 saturated carbocycles. The quantitative estimate of drug-likeness (QED) is 0.760. The molecule has 1 aliphatic rings. The van der Waals surface area contributed by atoms with Crippen LogP contribution in [0, 0.1) is 6.92 Å². The average molecular weight is 339 g/mol. The van der Waals surface area contributed by atoms with Crippen LogP contribution >= 0.6 is 11.3 Å². The highest BCUT2D eigenvalue weighted by atomic mass is 32.1. The molecule has 1 aliphatic heterocycles. The summed E-state index contributed by atoms with van der Waals surface area (Å²) in [7, 11) is 0. The van der Waals surface area contributed by atoms with E-state index in [9.17, 15) is 4.79 Å². The van der Waals surface area contributed by atoms with Gasteiger partial charge in [-0.25, -0.2) is 4.98 Å². The number of para-hydroxylation sites is 1. The standard InChI is InChI=1S/C17H17N5OS/c1-10-3-2-4-11-5-6-13(20-15(10)11)16(23)19-9-14-21-22-17(24-14)12-7-18-8-12/h2-6,12,18H,7-9H2,1H3,(H,19,23). The van der Waals surface area contributed by atoms with Crippen LogP contribution in [-0.4, -0.2) is 34.2 Å². The molecule has 0 aliphatic carbocycles. The van der Waals surface area contributed by atoms with Crippen molar-refractivity contribution < 1.29 is 4.79 Å². The molecule has 24 heavy (non-hydrogen) atoms. The minimum atomic E-state index is -0.192. The first-order chi connectivity index (χ1) is 11.7. The number of carbonyl (C=O) groups excluding carboxylic acids is 1. The van der Waals surface area contributed by atoms with Crippen molar-refractivity contribution in [2.75, 3.05) is 13.1 Å². The molecule has 1 amide bonds. The van der Waals surface area contributed by atoms with Gasteiger partial charge in [0.15, 0.2) is 0 Å². The van der Waals surface area contributed by atoms with E-state index in [4.69, 9.17) is 0 Å². The molecule has 1 fully saturated rings. The number of aryl methyl sites for hydroxylation is 1. The molecular formula is C17H17N5OS. The Hall–Kier alpha value is -2.38. The highest BCUT2D eigenvalue weighted by Crippen LogP contribution is 2.23. The third kappa shape index (κ3) is 2.88. The van der Waals surface area contributed by atoms with Gasteiger partial charge in [-0.2, -0.15) is 0 Å². The van der Waals surface area contributed by atoms with Crippen LogP contribution in [0.15, 0.2) is 30.3 Å². The Morgan fingerprint density at radius 2 is 2.17 bits per heavy atom. The molecule has 6 nitrogen and oxygen atoms in total. The van der Waals surface area contributed by atoms with Gasteiger partial charge in [-0.05, 0) is 18.6 Å². The largest absolute Gasteiger partial charge is 0.344 e. The molecule has 7 heteroatoms. The van der Waals surface area contributed by atoms with Gasteiger partial charge in [0.25, 0.3) is 5.91 Å². The lowest BCUT2D eigenvalue weighted by Crippen LogP contribution is -2.39. The molecule has 1 saturated heterocycles. The summed E-state index contributed by atoms with van der Waals surface area (Å²) in [5, 5.41) is 17.4. The van der Waals surface area contributed by atoms with E-state index in [0.29, 0.717) is 18.2 Å². The van der Waals surface area contributed by atoms with Crippen LogP contribution in [0.3, 0.4) is 0 Å². The summed E-state index contributed by atoms with van der Waals surface area (Å²) >= 11 is 1.56. The molecule has 0 bridgehead atoms. The Morgan fingerprint density at radius 1 is 1.29 bits per heavy atom. The molecule has 0 unspecified atom stereocenters. The lowest BCUT2D eigenvalue weighted by Gasteiger charge is -2.23. The summed E-state index contributed by atoms with van der Waals surface area (Å²) in [4.78, 5) is 16.8. The summed E-state index contributed by atoms with van der Waals surface area (Å²) < 4.78 is 0. The summed E-state index contributed by atoms with van der Waals surface area (Å²) in [6, 6.07) is 9.66. The number of benzene rings is 1. The zero-order chi connectivity index (χ0) is 16.5. The van der Waals surface area contributed by atoms with Gasteiger partial charge in [0.05, 0.1) is 12.1 Å². The number of hydrogen-bond acceptors (Lipinski definition) is 6. The number of pyridine rings is 1. The van der Waals surface area contributed by atoms with Crippen molar-refractivity contribution in [3.8, 4) is 0 Å². The Morgan fingerprint density at radius 3 is 2.96 bits per heavy atom. The van der Waals surface area contributed by atoms with Crippen molar-refractivity contribution >= 4 is 28.1 Å². The van der Waals surface area contributed by atoms with Crippen LogP contribution in [0.4, 0.5) is 0 Å². The zero-order valence-corrected chi connectivity index (χ0v) is 14.1. The Balaban J connectivity index is 1.46. The molecular weight excluding hydrogens is 322 g/mol. The minimum absolute atomic E-state index is 0.192. The van der Waals surface area contributed by atoms with Gasteiger partial charge in [-0.15, -0.1) is 10.2 Å². The van der Waals surface area contributed by atoms with Crippen molar-refractivity contribution in [1.82, 2.24) is 25.8 Å². The molecule has 3 aromatic rings. The predicted octanol–water partition coefficient (Wildman–Crippen LogP) is 2.01. The first-order valence-electron chi connectivity index (χ1n) is 7.88. The number of nitrogens with one attached hydrogen (secondary N) is 2. The smallest absolute Gasteiger partial charge is 0.270 e. The van der Waals surface area contributed by atoms with Crippen LogP contribution in [0.5, 0.6) is 0 Å². The molecule has 2 N–H and O–H groups in total. The van der Waals surface area contributed by atoms with Crippen LogP contribution in [0.25, 0.3) is 10.9 Å². The molecule has 2 aromatic heterocycles. The maximum absolute atomic E-state index is 12.4. The second-order valence-corrected chi connectivity index (χ2v) is 7.01. The number of aromatic nitrogens is 3. The van der Waals surface area contributed by atoms with Gasteiger partial charge in [0, 0.05) is 24.4 Å². The number of carbonyl (C=O) groups is 1. The number of amides is 1. The molecule has 0 radical (unpaired) electrons. The van der Waals surface area contributed by atoms with Gasteiger partial charge in [0.2, 0.25) is 0 Å². The van der Waals surface area contributed by atoms with Crippen molar-refractivity contribution in [1.29, 1.82) is 0 Å². The van der Waals surface area contributed by atoms with Crippen molar-refractivity contribution in [3.05, 3.63) is 51.6 Å². The normalized spacial score (nSPS) is 14.5. The fourth-order valence-electron chi connectivity index (χ4n) is 2.63. The highest BCUT2D eigenvalue weighted by molar-refractivity contribution is 7.11. The topological polar surface area (TPSA) is 79.8 Å². The van der Waals surface area contributed by atoms with E-state index >= 15 is 0 Å². The third-order valence-electron chi connectivity index (χ3n) is 4.17.